The Morgan fingerprint density at radius 1 is 0.860 bits per heavy atom. The number of nitrogens with one attached hydrogen (secondary N) is 2. The largest absolute Gasteiger partial charge is 0.496 e. The summed E-state index contributed by atoms with van der Waals surface area (Å²) in [7, 11) is 3.19. The first-order valence-electron chi connectivity index (χ1n) is 13.8. The van der Waals surface area contributed by atoms with Crippen LogP contribution < -0.4 is 24.8 Å². The third-order valence-corrected chi connectivity index (χ3v) is 7.24. The Labute approximate surface area is 249 Å². The van der Waals surface area contributed by atoms with Crippen molar-refractivity contribution in [2.45, 2.75) is 19.6 Å². The highest BCUT2D eigenvalue weighted by Crippen LogP contribution is 2.39. The van der Waals surface area contributed by atoms with Gasteiger partial charge in [-0.2, -0.15) is 4.98 Å². The fourth-order valence-corrected chi connectivity index (χ4v) is 5.12. The first-order valence-corrected chi connectivity index (χ1v) is 13.8. The molecule has 0 saturated carbocycles. The van der Waals surface area contributed by atoms with E-state index in [1.807, 2.05) is 97.9 Å². The van der Waals surface area contributed by atoms with E-state index in [-0.39, 0.29) is 5.91 Å². The molecule has 9 heteroatoms. The maximum absolute atomic E-state index is 14.0. The number of ether oxygens (including phenoxy) is 3. The van der Waals surface area contributed by atoms with Crippen LogP contribution in [0.2, 0.25) is 0 Å². The predicted molar refractivity (Wildman–Crippen MR) is 165 cm³/mol. The second-order valence-corrected chi connectivity index (χ2v) is 9.97. The molecule has 6 rings (SSSR count). The summed E-state index contributed by atoms with van der Waals surface area (Å²) in [5.41, 5.74) is 4.39. The van der Waals surface area contributed by atoms with Crippen molar-refractivity contribution in [2.75, 3.05) is 24.9 Å². The van der Waals surface area contributed by atoms with Crippen LogP contribution in [-0.2, 0) is 11.4 Å². The van der Waals surface area contributed by atoms with Crippen molar-refractivity contribution in [2.24, 2.45) is 0 Å². The number of para-hydroxylation sites is 3. The highest BCUT2D eigenvalue weighted by Gasteiger charge is 2.35. The molecule has 1 unspecified atom stereocenters. The number of methoxy groups -OCH3 is 2. The summed E-state index contributed by atoms with van der Waals surface area (Å²) in [4.78, 5) is 18.8. The van der Waals surface area contributed by atoms with Crippen LogP contribution in [0.15, 0.2) is 114 Å². The van der Waals surface area contributed by atoms with Crippen LogP contribution in [0.1, 0.15) is 24.1 Å². The summed E-state index contributed by atoms with van der Waals surface area (Å²) >= 11 is 0. The number of hydrogen-bond acceptors (Lipinski definition) is 7. The molecule has 216 valence electrons. The Morgan fingerprint density at radius 3 is 2.28 bits per heavy atom. The van der Waals surface area contributed by atoms with Gasteiger partial charge in [-0.05, 0) is 54.4 Å². The maximum atomic E-state index is 14.0. The molecule has 0 bridgehead atoms. The van der Waals surface area contributed by atoms with Gasteiger partial charge in [0.25, 0.3) is 5.91 Å². The van der Waals surface area contributed by atoms with Crippen LogP contribution in [0.25, 0.3) is 11.4 Å². The fraction of sp³-hybridized carbons (Fsp3) is 0.147. The van der Waals surface area contributed by atoms with E-state index < -0.39 is 6.04 Å². The van der Waals surface area contributed by atoms with Gasteiger partial charge in [-0.1, -0.05) is 66.7 Å². The second kappa shape index (κ2) is 12.1. The smallest absolute Gasteiger partial charge is 0.255 e. The van der Waals surface area contributed by atoms with Crippen LogP contribution in [0, 0.1) is 0 Å². The summed E-state index contributed by atoms with van der Waals surface area (Å²) in [5.74, 6) is 2.64. The second-order valence-electron chi connectivity index (χ2n) is 9.97. The van der Waals surface area contributed by atoms with Crippen molar-refractivity contribution < 1.29 is 19.0 Å². The first-order chi connectivity index (χ1) is 21.1. The average molecular weight is 574 g/mol. The summed E-state index contributed by atoms with van der Waals surface area (Å²) < 4.78 is 18.8. The lowest BCUT2D eigenvalue weighted by Crippen LogP contribution is -2.31. The van der Waals surface area contributed by atoms with E-state index in [0.717, 1.165) is 22.4 Å². The summed E-state index contributed by atoms with van der Waals surface area (Å²) in [6.45, 7) is 2.32. The third-order valence-electron chi connectivity index (χ3n) is 7.24. The molecule has 1 aliphatic rings. The molecule has 0 saturated heterocycles. The Bertz CT molecular complexity index is 1780. The molecule has 0 aliphatic carbocycles. The van der Waals surface area contributed by atoms with Crippen LogP contribution in [0.5, 0.6) is 17.2 Å². The number of amides is 1. The van der Waals surface area contributed by atoms with Crippen LogP contribution in [0.4, 0.5) is 11.6 Å². The zero-order valence-electron chi connectivity index (χ0n) is 24.1. The normalized spacial score (nSPS) is 14.0. The minimum Gasteiger partial charge on any atom is -0.496 e. The molecule has 1 amide bonds. The minimum atomic E-state index is -0.579. The third kappa shape index (κ3) is 5.65. The standard InChI is InChI=1S/C34H31N5O4/c1-22-30(33(40)36-27-14-8-10-16-29(27)42-3)31(24-17-19-25(20-18-24)43-21-23-11-5-4-6-12-23)39-34(35-22)37-32(38-39)26-13-7-9-15-28(26)41-2/h4-20,31H,21H2,1-3H3,(H,36,40)(H,35,37,38). The molecular formula is C34H31N5O4. The van der Waals surface area contributed by atoms with Gasteiger partial charge in [-0.3, -0.25) is 4.79 Å². The molecular weight excluding hydrogens is 542 g/mol. The van der Waals surface area contributed by atoms with E-state index in [9.17, 15) is 4.79 Å². The molecule has 9 nitrogen and oxygen atoms in total. The molecule has 0 fully saturated rings. The van der Waals surface area contributed by atoms with E-state index in [1.165, 1.54) is 0 Å². The summed E-state index contributed by atoms with van der Waals surface area (Å²) in [5, 5.41) is 11.2. The Morgan fingerprint density at radius 2 is 1.53 bits per heavy atom. The number of aromatic nitrogens is 3. The number of carbonyl (C=O) groups excluding carboxylic acids is 1. The number of rotatable bonds is 9. The van der Waals surface area contributed by atoms with E-state index in [0.29, 0.717) is 46.8 Å². The number of carbonyl (C=O) groups is 1. The van der Waals surface area contributed by atoms with Crippen molar-refractivity contribution in [1.82, 2.24) is 14.8 Å². The van der Waals surface area contributed by atoms with Gasteiger partial charge in [0.1, 0.15) is 29.9 Å². The topological polar surface area (TPSA) is 99.5 Å². The van der Waals surface area contributed by atoms with Crippen LogP contribution >= 0.6 is 0 Å². The van der Waals surface area contributed by atoms with Crippen LogP contribution in [0.3, 0.4) is 0 Å². The number of hydrogen-bond donors (Lipinski definition) is 2. The summed E-state index contributed by atoms with van der Waals surface area (Å²) in [6.07, 6.45) is 0. The zero-order chi connectivity index (χ0) is 29.8. The lowest BCUT2D eigenvalue weighted by atomic mass is 9.95. The SMILES string of the molecule is COc1ccccc1NC(=O)C1=C(C)Nc2nc(-c3ccccc3OC)nn2C1c1ccc(OCc2ccccc2)cc1. The Balaban J connectivity index is 1.38. The number of fused-ring (bicyclic) bond motifs is 1. The van der Waals surface area contributed by atoms with E-state index in [1.54, 1.807) is 31.0 Å². The molecule has 0 radical (unpaired) electrons. The molecule has 1 aliphatic heterocycles. The molecule has 5 aromatic rings. The van der Waals surface area contributed by atoms with Crippen molar-refractivity contribution in [1.29, 1.82) is 0 Å². The number of allylic oxidation sites excluding steroid dienone is 1. The predicted octanol–water partition coefficient (Wildman–Crippen LogP) is 6.47. The molecule has 4 aromatic carbocycles. The molecule has 2 N–H and O–H groups in total. The molecule has 0 spiro atoms. The fourth-order valence-electron chi connectivity index (χ4n) is 5.12. The van der Waals surface area contributed by atoms with Crippen molar-refractivity contribution in [3.8, 4) is 28.6 Å². The number of benzene rings is 4. The number of anilines is 2. The van der Waals surface area contributed by atoms with Gasteiger partial charge in [0.15, 0.2) is 5.82 Å². The van der Waals surface area contributed by atoms with E-state index >= 15 is 0 Å². The van der Waals surface area contributed by atoms with Gasteiger partial charge < -0.3 is 24.8 Å². The molecule has 1 aromatic heterocycles. The quantitative estimate of drug-likeness (QED) is 0.209. The van der Waals surface area contributed by atoms with Crippen molar-refractivity contribution >= 4 is 17.5 Å². The van der Waals surface area contributed by atoms with Gasteiger partial charge in [0, 0.05) is 5.70 Å². The van der Waals surface area contributed by atoms with Gasteiger partial charge in [-0.25, -0.2) is 4.68 Å². The van der Waals surface area contributed by atoms with E-state index in [2.05, 4.69) is 10.6 Å². The van der Waals surface area contributed by atoms with Crippen molar-refractivity contribution in [3.63, 3.8) is 0 Å². The maximum Gasteiger partial charge on any atom is 0.255 e. The van der Waals surface area contributed by atoms with Gasteiger partial charge >= 0.3 is 0 Å². The van der Waals surface area contributed by atoms with E-state index in [4.69, 9.17) is 24.3 Å². The van der Waals surface area contributed by atoms with Gasteiger partial charge in [0.2, 0.25) is 5.95 Å². The zero-order valence-corrected chi connectivity index (χ0v) is 24.1. The Hall–Kier alpha value is -5.57. The monoisotopic (exact) mass is 573 g/mol. The minimum absolute atomic E-state index is 0.288. The average Bonchev–Trinajstić information content (AvgIpc) is 3.47. The number of nitrogens with zero attached hydrogens (tertiary/aromatic N) is 3. The molecule has 1 atom stereocenters. The van der Waals surface area contributed by atoms with Crippen molar-refractivity contribution in [3.05, 3.63) is 126 Å². The first kappa shape index (κ1) is 27.6. The van der Waals surface area contributed by atoms with Crippen LogP contribution in [-0.4, -0.2) is 34.9 Å². The molecule has 2 heterocycles. The van der Waals surface area contributed by atoms with Gasteiger partial charge in [0.05, 0.1) is 31.0 Å². The highest BCUT2D eigenvalue weighted by molar-refractivity contribution is 6.06. The molecule has 43 heavy (non-hydrogen) atoms. The van der Waals surface area contributed by atoms with Gasteiger partial charge in [-0.15, -0.1) is 5.10 Å². The lowest BCUT2D eigenvalue weighted by molar-refractivity contribution is -0.113. The Kier molecular flexibility index (Phi) is 7.78. The lowest BCUT2D eigenvalue weighted by Gasteiger charge is -2.29. The highest BCUT2D eigenvalue weighted by atomic mass is 16.5. The summed E-state index contributed by atoms with van der Waals surface area (Å²) in [6, 6.07) is 32.0.